The molecule has 0 aliphatic heterocycles. The van der Waals surface area contributed by atoms with Crippen molar-refractivity contribution in [3.63, 3.8) is 0 Å². The first kappa shape index (κ1) is 114. The van der Waals surface area contributed by atoms with Gasteiger partial charge in [0, 0.05) is 139 Å². The summed E-state index contributed by atoms with van der Waals surface area (Å²) >= 11 is 0. The Morgan fingerprint density at radius 1 is 0.418 bits per heavy atom. The second-order valence-electron chi connectivity index (χ2n) is 19.3. The summed E-state index contributed by atoms with van der Waals surface area (Å²) < 4.78 is 123. The molecule has 0 aliphatic carbocycles. The van der Waals surface area contributed by atoms with Crippen molar-refractivity contribution < 1.29 is 166 Å². The SMILES string of the molecule is CC#N.CCOCC.Cc1c(C)c(C)[c-](C)c1C.Cc1c(C)c(C)[c-](C)c1C.O=S(=O)([O-])C(F)(F)F.O=S(=O)([O-])C(F)(F)F.[Co+3].[Co+3].[Mo].[Mo].[O-2].[O-2].[O-2].[O-2].[O-2].[O-2].c1ccc(CN(Cc2ccccn2)Cc2ccccn2)nc1.c1ccc(CN(Cc2ccccn2)Cc2ccccn2)nc1. The van der Waals surface area contributed by atoms with E-state index in [2.05, 4.69) is 109 Å². The normalized spacial score (nSPS) is 9.78. The van der Waals surface area contributed by atoms with E-state index in [9.17, 15) is 26.3 Å². The molecule has 0 unspecified atom stereocenters. The summed E-state index contributed by atoms with van der Waals surface area (Å²) in [6.07, 6.45) is 11.0. The van der Waals surface area contributed by atoms with E-state index in [1.165, 1.54) is 62.6 Å². The van der Waals surface area contributed by atoms with Gasteiger partial charge in [0.1, 0.15) is 0 Å². The van der Waals surface area contributed by atoms with Crippen molar-refractivity contribution >= 4 is 20.2 Å². The molecular weight excluding hydrogens is 1590 g/mol. The van der Waals surface area contributed by atoms with Crippen molar-refractivity contribution in [1.29, 1.82) is 5.26 Å². The van der Waals surface area contributed by atoms with Crippen LogP contribution < -0.4 is 0 Å². The largest absolute Gasteiger partial charge is 3.00 e. The van der Waals surface area contributed by atoms with E-state index in [0.29, 0.717) is 0 Å². The van der Waals surface area contributed by atoms with Crippen molar-refractivity contribution in [2.45, 2.75) is 140 Å². The fraction of sp³-hybridized carbons (Fsp3) is 0.359. The second-order valence-corrected chi connectivity index (χ2v) is 22.0. The molecule has 0 amide bonds. The van der Waals surface area contributed by atoms with Crippen molar-refractivity contribution in [2.75, 3.05) is 13.2 Å². The molecule has 0 bridgehead atoms. The van der Waals surface area contributed by atoms with Crippen LogP contribution in [0.25, 0.3) is 0 Å². The number of aromatic nitrogens is 6. The summed E-state index contributed by atoms with van der Waals surface area (Å²) in [6, 6.07) is 37.7. The summed E-state index contributed by atoms with van der Waals surface area (Å²) in [5.41, 5.74) is 9.69. The number of hydrogen-bond donors (Lipinski definition) is 0. The topological polar surface area (TPSA) is 402 Å². The number of nitriles is 1. The van der Waals surface area contributed by atoms with Crippen molar-refractivity contribution in [3.8, 4) is 6.07 Å². The van der Waals surface area contributed by atoms with Gasteiger partial charge in [-0.3, -0.25) is 39.7 Å². The Kier molecular flexibility index (Phi) is 68.8. The van der Waals surface area contributed by atoms with Gasteiger partial charge < -0.3 is 46.7 Å². The number of nitrogens with zero attached hydrogens (tertiary/aromatic N) is 9. The summed E-state index contributed by atoms with van der Waals surface area (Å²) in [4.78, 5) is 31.1. The van der Waals surface area contributed by atoms with Crippen LogP contribution in [0.15, 0.2) is 146 Å². The average Bonchev–Trinajstić information content (AvgIpc) is 1.67. The molecule has 0 spiro atoms. The molecular formula is C64H79Co2F6Mo2N9O13S2-10. The van der Waals surface area contributed by atoms with Crippen LogP contribution in [0.2, 0.25) is 0 Å². The molecule has 98 heavy (non-hydrogen) atoms. The minimum Gasteiger partial charge on any atom is -2.00 e. The smallest absolute Gasteiger partial charge is 2.00 e. The summed E-state index contributed by atoms with van der Waals surface area (Å²) in [6.45, 7) is 33.7. The minimum absolute atomic E-state index is 0. The number of alkyl halides is 6. The summed E-state index contributed by atoms with van der Waals surface area (Å²) in [7, 11) is -12.2. The maximum Gasteiger partial charge on any atom is 3.00 e. The van der Waals surface area contributed by atoms with Crippen LogP contribution in [-0.2, 0) is 173 Å². The Labute approximate surface area is 622 Å². The van der Waals surface area contributed by atoms with Crippen LogP contribution in [0.5, 0.6) is 0 Å². The third-order valence-corrected chi connectivity index (χ3v) is 14.4. The van der Waals surface area contributed by atoms with Gasteiger partial charge in [0.25, 0.3) is 0 Å². The van der Waals surface area contributed by atoms with Crippen molar-refractivity contribution in [1.82, 2.24) is 39.7 Å². The fourth-order valence-corrected chi connectivity index (χ4v) is 7.68. The number of rotatable bonds is 14. The Hall–Kier alpha value is -5.48. The van der Waals surface area contributed by atoms with Crippen LogP contribution in [0.1, 0.15) is 111 Å². The first-order valence-electron chi connectivity index (χ1n) is 27.4. The molecule has 34 heteroatoms. The predicted molar refractivity (Wildman–Crippen MR) is 332 cm³/mol. The number of ether oxygens (including phenoxy) is 1. The first-order valence-corrected chi connectivity index (χ1v) is 30.2. The molecule has 552 valence electrons. The standard InChI is InChI=1S/2C18H18N4.2C10H15.C4H10O.C2H3N.2CHF3O3S.2Co.2Mo.6O/c2*1-4-10-19-16(7-1)13-22(14-17-8-2-5-11-20-17)15-18-9-3-6-12-21-18;2*1-6-7(2)9(4)10(5)8(6)3;1-3-5-4-2;1-2-3;2*2-1(3,4)8(5,6)7;;;;;;;;;;/h2*1-12H,13-15H2;2*1-5H3;3-4H2,1-2H3;1H3;2*(H,5,6,7);;;;;;;;;;/q;;2*-1;;;;;2*+3;;;6*-2/p-2. The van der Waals surface area contributed by atoms with Crippen LogP contribution >= 0.6 is 0 Å². The van der Waals surface area contributed by atoms with Crippen LogP contribution in [0.4, 0.5) is 26.3 Å². The predicted octanol–water partition coefficient (Wildman–Crippen LogP) is 13.0. The van der Waals surface area contributed by atoms with E-state index in [1.54, 1.807) is 6.07 Å². The first-order chi connectivity index (χ1) is 41.2. The molecule has 0 saturated heterocycles. The van der Waals surface area contributed by atoms with Gasteiger partial charge in [-0.25, -0.2) is 16.8 Å². The molecule has 22 nitrogen and oxygen atoms in total. The molecule has 0 radical (unpaired) electrons. The van der Waals surface area contributed by atoms with Crippen LogP contribution in [0, 0.1) is 80.6 Å². The maximum atomic E-state index is 10.7. The Morgan fingerprint density at radius 2 is 0.561 bits per heavy atom. The van der Waals surface area contributed by atoms with Gasteiger partial charge >= 0.3 is 44.6 Å². The summed E-state index contributed by atoms with van der Waals surface area (Å²) in [5, 5.41) is 7.32. The molecule has 8 rings (SSSR count). The van der Waals surface area contributed by atoms with E-state index in [-0.39, 0.29) is 109 Å². The minimum atomic E-state index is -6.09. The fourth-order valence-electron chi connectivity index (χ4n) is 7.68. The Bertz CT molecular complexity index is 2930. The zero-order valence-electron chi connectivity index (χ0n) is 55.9. The van der Waals surface area contributed by atoms with Gasteiger partial charge in [-0.1, -0.05) is 106 Å². The van der Waals surface area contributed by atoms with Gasteiger partial charge in [0.05, 0.1) is 40.2 Å². The van der Waals surface area contributed by atoms with E-state index < -0.39 is 31.3 Å². The molecule has 0 atom stereocenters. The molecule has 0 fully saturated rings. The van der Waals surface area contributed by atoms with E-state index >= 15 is 0 Å². The Balaban J connectivity index is -0.000000119. The quantitative estimate of drug-likeness (QED) is 0.0321. The van der Waals surface area contributed by atoms with Gasteiger partial charge in [0.2, 0.25) is 0 Å². The number of hydrogen-bond acceptors (Lipinski definition) is 16. The maximum absolute atomic E-state index is 10.7. The molecule has 0 saturated carbocycles. The second kappa shape index (κ2) is 59.2. The molecule has 0 N–H and O–H groups in total. The van der Waals surface area contributed by atoms with Crippen LogP contribution in [0.3, 0.4) is 0 Å². The van der Waals surface area contributed by atoms with Crippen molar-refractivity contribution in [3.05, 3.63) is 236 Å². The van der Waals surface area contributed by atoms with Gasteiger partial charge in [-0.2, -0.15) is 87.2 Å². The zero-order chi connectivity index (χ0) is 66.7. The van der Waals surface area contributed by atoms with Gasteiger partial charge in [0.15, 0.2) is 20.2 Å². The third-order valence-electron chi connectivity index (χ3n) is 13.3. The monoisotopic (exact) mass is 1670 g/mol. The number of halogens is 6. The van der Waals surface area contributed by atoms with Gasteiger partial charge in [-0.05, 0) is 86.6 Å². The van der Waals surface area contributed by atoms with E-state index in [0.717, 1.165) is 86.6 Å². The van der Waals surface area contributed by atoms with E-state index in [1.807, 2.05) is 160 Å². The summed E-state index contributed by atoms with van der Waals surface area (Å²) in [5.74, 6) is 0. The molecule has 6 heterocycles. The molecule has 2 aromatic carbocycles. The third kappa shape index (κ3) is 45.3. The van der Waals surface area contributed by atoms with E-state index in [4.69, 9.17) is 35.9 Å². The zero-order valence-corrected chi connectivity index (χ0v) is 63.6. The average molecular weight is 1670 g/mol. The Morgan fingerprint density at radius 3 is 0.633 bits per heavy atom. The van der Waals surface area contributed by atoms with Gasteiger partial charge in [-0.15, -0.1) is 0 Å². The van der Waals surface area contributed by atoms with Crippen LogP contribution in [-0.4, -0.2) is 89.9 Å². The molecule has 6 aromatic heterocycles. The van der Waals surface area contributed by atoms with Crippen molar-refractivity contribution in [2.24, 2.45) is 0 Å². The number of pyridine rings is 6. The molecule has 8 aromatic rings. The molecule has 0 aliphatic rings.